The minimum atomic E-state index is 0.686. The van der Waals surface area contributed by atoms with Crippen LogP contribution in [0.1, 0.15) is 16.9 Å². The fourth-order valence-electron chi connectivity index (χ4n) is 2.67. The summed E-state index contributed by atoms with van der Waals surface area (Å²) in [5.41, 5.74) is 3.11. The van der Waals surface area contributed by atoms with E-state index in [1.807, 2.05) is 49.6 Å². The standard InChI is InChI=1S/C18H18N6O/c1-13-3-4-16(25-13)18-15(12-21-23-18)11-19-10-14-5-7-20-17(9-14)24-8-2-6-22-24/h2-9,12,19H,10-11H2,1H3,(H,21,23). The number of pyridine rings is 1. The van der Waals surface area contributed by atoms with Crippen molar-refractivity contribution in [1.29, 1.82) is 0 Å². The Morgan fingerprint density at radius 2 is 2.16 bits per heavy atom. The van der Waals surface area contributed by atoms with Crippen LogP contribution in [0.15, 0.2) is 59.5 Å². The van der Waals surface area contributed by atoms with Gasteiger partial charge in [0.05, 0.1) is 6.20 Å². The normalized spacial score (nSPS) is 11.1. The van der Waals surface area contributed by atoms with E-state index in [1.165, 1.54) is 0 Å². The number of H-pyrrole nitrogens is 1. The van der Waals surface area contributed by atoms with E-state index in [-0.39, 0.29) is 0 Å². The Morgan fingerprint density at radius 1 is 1.20 bits per heavy atom. The Morgan fingerprint density at radius 3 is 2.96 bits per heavy atom. The monoisotopic (exact) mass is 334 g/mol. The molecule has 0 saturated heterocycles. The van der Waals surface area contributed by atoms with Gasteiger partial charge in [-0.2, -0.15) is 10.2 Å². The highest BCUT2D eigenvalue weighted by molar-refractivity contribution is 5.56. The Labute approximate surface area is 144 Å². The molecule has 4 aromatic heterocycles. The van der Waals surface area contributed by atoms with Gasteiger partial charge in [-0.05, 0) is 42.8 Å². The summed E-state index contributed by atoms with van der Waals surface area (Å²) in [5, 5.41) is 14.8. The van der Waals surface area contributed by atoms with Crippen molar-refractivity contribution >= 4 is 0 Å². The van der Waals surface area contributed by atoms with Crippen LogP contribution >= 0.6 is 0 Å². The third-order valence-electron chi connectivity index (χ3n) is 3.90. The lowest BCUT2D eigenvalue weighted by Gasteiger charge is -2.07. The van der Waals surface area contributed by atoms with E-state index in [2.05, 4.69) is 25.6 Å². The summed E-state index contributed by atoms with van der Waals surface area (Å²) in [6.45, 7) is 3.34. The zero-order chi connectivity index (χ0) is 17.1. The highest BCUT2D eigenvalue weighted by Crippen LogP contribution is 2.23. The molecular formula is C18H18N6O. The van der Waals surface area contributed by atoms with Crippen LogP contribution in [0.3, 0.4) is 0 Å². The molecule has 0 spiro atoms. The third-order valence-corrected chi connectivity index (χ3v) is 3.90. The van der Waals surface area contributed by atoms with Crippen molar-refractivity contribution in [3.8, 4) is 17.3 Å². The molecule has 4 rings (SSSR count). The first kappa shape index (κ1) is 15.3. The van der Waals surface area contributed by atoms with Gasteiger partial charge < -0.3 is 9.73 Å². The zero-order valence-electron chi connectivity index (χ0n) is 13.8. The molecule has 2 N–H and O–H groups in total. The molecule has 0 bridgehead atoms. The van der Waals surface area contributed by atoms with Gasteiger partial charge in [0.15, 0.2) is 11.6 Å². The van der Waals surface area contributed by atoms with Crippen molar-refractivity contribution in [2.75, 3.05) is 0 Å². The van der Waals surface area contributed by atoms with Gasteiger partial charge in [-0.15, -0.1) is 0 Å². The van der Waals surface area contributed by atoms with Crippen molar-refractivity contribution in [2.45, 2.75) is 20.0 Å². The molecule has 0 atom stereocenters. The molecule has 0 aliphatic heterocycles. The summed E-state index contributed by atoms with van der Waals surface area (Å²) in [4.78, 5) is 4.34. The van der Waals surface area contributed by atoms with Gasteiger partial charge in [0.2, 0.25) is 0 Å². The third kappa shape index (κ3) is 3.36. The number of nitrogens with zero attached hydrogens (tertiary/aromatic N) is 4. The lowest BCUT2D eigenvalue weighted by molar-refractivity contribution is 0.545. The Hall–Kier alpha value is -3.19. The van der Waals surface area contributed by atoms with Gasteiger partial charge >= 0.3 is 0 Å². The van der Waals surface area contributed by atoms with Gasteiger partial charge in [0.25, 0.3) is 0 Å². The maximum absolute atomic E-state index is 5.67. The fraction of sp³-hybridized carbons (Fsp3) is 0.167. The van der Waals surface area contributed by atoms with Crippen molar-refractivity contribution in [2.24, 2.45) is 0 Å². The first-order chi connectivity index (χ1) is 12.3. The van der Waals surface area contributed by atoms with Crippen molar-refractivity contribution < 1.29 is 4.42 Å². The van der Waals surface area contributed by atoms with Gasteiger partial charge in [0.1, 0.15) is 11.5 Å². The van der Waals surface area contributed by atoms with E-state index in [0.717, 1.165) is 40.7 Å². The molecule has 0 aromatic carbocycles. The second-order valence-corrected chi connectivity index (χ2v) is 5.76. The van der Waals surface area contributed by atoms with Gasteiger partial charge in [-0.25, -0.2) is 9.67 Å². The van der Waals surface area contributed by atoms with Gasteiger partial charge in [-0.3, -0.25) is 5.10 Å². The van der Waals surface area contributed by atoms with Crippen LogP contribution in [-0.4, -0.2) is 25.0 Å². The largest absolute Gasteiger partial charge is 0.460 e. The average Bonchev–Trinajstić information content (AvgIpc) is 3.36. The van der Waals surface area contributed by atoms with Crippen LogP contribution in [0.4, 0.5) is 0 Å². The predicted molar refractivity (Wildman–Crippen MR) is 92.9 cm³/mol. The predicted octanol–water partition coefficient (Wildman–Crippen LogP) is 2.85. The molecule has 0 saturated carbocycles. The molecule has 7 nitrogen and oxygen atoms in total. The first-order valence-electron chi connectivity index (χ1n) is 8.04. The van der Waals surface area contributed by atoms with E-state index in [9.17, 15) is 0 Å². The maximum Gasteiger partial charge on any atom is 0.153 e. The van der Waals surface area contributed by atoms with E-state index in [4.69, 9.17) is 4.42 Å². The number of furan rings is 1. The van der Waals surface area contributed by atoms with Crippen LogP contribution in [0, 0.1) is 6.92 Å². The zero-order valence-corrected chi connectivity index (χ0v) is 13.8. The summed E-state index contributed by atoms with van der Waals surface area (Å²) in [6.07, 6.45) is 7.23. The SMILES string of the molecule is Cc1ccc(-c2[nH]ncc2CNCc2ccnc(-n3cccn3)c2)o1. The van der Waals surface area contributed by atoms with Crippen LogP contribution in [0.25, 0.3) is 17.3 Å². The quantitative estimate of drug-likeness (QED) is 0.566. The second kappa shape index (κ2) is 6.74. The highest BCUT2D eigenvalue weighted by Gasteiger charge is 2.11. The summed E-state index contributed by atoms with van der Waals surface area (Å²) in [6, 6.07) is 9.79. The molecule has 7 heteroatoms. The lowest BCUT2D eigenvalue weighted by atomic mass is 10.2. The number of aromatic nitrogens is 5. The Bertz CT molecular complexity index is 954. The van der Waals surface area contributed by atoms with E-state index in [0.29, 0.717) is 6.54 Å². The van der Waals surface area contributed by atoms with Gasteiger partial charge in [-0.1, -0.05) is 0 Å². The number of rotatable bonds is 6. The maximum atomic E-state index is 5.67. The fourth-order valence-corrected chi connectivity index (χ4v) is 2.67. The number of hydrogen-bond donors (Lipinski definition) is 2. The summed E-state index contributed by atoms with van der Waals surface area (Å²) in [5.74, 6) is 2.49. The van der Waals surface area contributed by atoms with Gasteiger partial charge in [0, 0.05) is 37.2 Å². The lowest BCUT2D eigenvalue weighted by Crippen LogP contribution is -2.13. The minimum absolute atomic E-state index is 0.686. The summed E-state index contributed by atoms with van der Waals surface area (Å²) in [7, 11) is 0. The summed E-state index contributed by atoms with van der Waals surface area (Å²) < 4.78 is 7.42. The van der Waals surface area contributed by atoms with Crippen molar-refractivity contribution in [3.63, 3.8) is 0 Å². The smallest absolute Gasteiger partial charge is 0.153 e. The molecule has 25 heavy (non-hydrogen) atoms. The number of aryl methyl sites for hydroxylation is 1. The minimum Gasteiger partial charge on any atom is -0.460 e. The molecule has 0 amide bonds. The molecule has 0 aliphatic carbocycles. The number of hydrogen-bond acceptors (Lipinski definition) is 5. The molecule has 4 aromatic rings. The Balaban J connectivity index is 1.42. The number of nitrogens with one attached hydrogen (secondary N) is 2. The molecule has 0 unspecified atom stereocenters. The summed E-state index contributed by atoms with van der Waals surface area (Å²) >= 11 is 0. The molecule has 4 heterocycles. The van der Waals surface area contributed by atoms with Crippen LogP contribution in [-0.2, 0) is 13.1 Å². The van der Waals surface area contributed by atoms with E-state index in [1.54, 1.807) is 17.1 Å². The number of aromatic amines is 1. The topological polar surface area (TPSA) is 84.6 Å². The molecular weight excluding hydrogens is 316 g/mol. The molecule has 0 radical (unpaired) electrons. The van der Waals surface area contributed by atoms with Crippen molar-refractivity contribution in [3.05, 3.63) is 72.0 Å². The molecule has 0 aliphatic rings. The highest BCUT2D eigenvalue weighted by atomic mass is 16.3. The van der Waals surface area contributed by atoms with Crippen LogP contribution < -0.4 is 5.32 Å². The molecule has 126 valence electrons. The van der Waals surface area contributed by atoms with Crippen molar-refractivity contribution in [1.82, 2.24) is 30.3 Å². The first-order valence-corrected chi connectivity index (χ1v) is 8.04. The average molecular weight is 334 g/mol. The van der Waals surface area contributed by atoms with E-state index < -0.39 is 0 Å². The van der Waals surface area contributed by atoms with Crippen LogP contribution in [0.2, 0.25) is 0 Å². The van der Waals surface area contributed by atoms with Crippen LogP contribution in [0.5, 0.6) is 0 Å². The second-order valence-electron chi connectivity index (χ2n) is 5.76. The Kier molecular flexibility index (Phi) is 4.14. The van der Waals surface area contributed by atoms with E-state index >= 15 is 0 Å². The molecule has 0 fully saturated rings.